The van der Waals surface area contributed by atoms with Crippen LogP contribution in [0.4, 0.5) is 11.4 Å². The molecule has 0 heterocycles. The lowest BCUT2D eigenvalue weighted by molar-refractivity contribution is -0.384. The number of nitriles is 1. The molecule has 0 aliphatic heterocycles. The smallest absolute Gasteiger partial charge is 0.354 e. The van der Waals surface area contributed by atoms with Gasteiger partial charge in [0.25, 0.3) is 5.69 Å². The lowest BCUT2D eigenvalue weighted by atomic mass is 10.2. The number of non-ortho nitro benzene ring substituents is 1. The summed E-state index contributed by atoms with van der Waals surface area (Å²) in [6.45, 7) is 0. The van der Waals surface area contributed by atoms with Crippen LogP contribution >= 0.6 is 0 Å². The molecule has 0 saturated heterocycles. The van der Waals surface area contributed by atoms with Gasteiger partial charge >= 0.3 is 5.97 Å². The first-order valence-corrected chi connectivity index (χ1v) is 5.31. The van der Waals surface area contributed by atoms with Gasteiger partial charge < -0.3 is 14.8 Å². The summed E-state index contributed by atoms with van der Waals surface area (Å²) in [5, 5.41) is 22.1. The number of anilines is 1. The van der Waals surface area contributed by atoms with Gasteiger partial charge in [-0.25, -0.2) is 4.79 Å². The Morgan fingerprint density at radius 1 is 1.30 bits per heavy atom. The molecule has 1 N–H and O–H groups in total. The molecule has 0 aliphatic carbocycles. The molecule has 1 aromatic carbocycles. The van der Waals surface area contributed by atoms with E-state index in [4.69, 9.17) is 10.00 Å². The van der Waals surface area contributed by atoms with E-state index in [2.05, 4.69) is 10.1 Å². The molecular weight excluding hydrogens is 266 g/mol. The lowest BCUT2D eigenvalue weighted by Crippen LogP contribution is -2.13. The van der Waals surface area contributed by atoms with Crippen molar-refractivity contribution in [2.45, 2.75) is 0 Å². The number of nitro benzene ring substituents is 1. The SMILES string of the molecule is COC(=O)/C(C#N)=C(/Nc1ccc([N+](=O)[O-])cc1)OC. The molecule has 0 spiro atoms. The van der Waals surface area contributed by atoms with E-state index in [1.54, 1.807) is 6.07 Å². The van der Waals surface area contributed by atoms with Crippen LogP contribution in [0, 0.1) is 21.4 Å². The number of rotatable bonds is 5. The number of nitrogens with one attached hydrogen (secondary N) is 1. The molecule has 1 aromatic rings. The number of carbonyl (C=O) groups excluding carboxylic acids is 1. The lowest BCUT2D eigenvalue weighted by Gasteiger charge is -2.10. The summed E-state index contributed by atoms with van der Waals surface area (Å²) in [5.74, 6) is -0.952. The summed E-state index contributed by atoms with van der Waals surface area (Å²) in [7, 11) is 2.41. The third kappa shape index (κ3) is 3.46. The van der Waals surface area contributed by atoms with E-state index in [-0.39, 0.29) is 17.1 Å². The summed E-state index contributed by atoms with van der Waals surface area (Å²) in [6, 6.07) is 7.06. The van der Waals surface area contributed by atoms with Gasteiger partial charge in [0.1, 0.15) is 6.07 Å². The number of ether oxygens (including phenoxy) is 2. The van der Waals surface area contributed by atoms with E-state index in [1.807, 2.05) is 0 Å². The predicted molar refractivity (Wildman–Crippen MR) is 68.4 cm³/mol. The van der Waals surface area contributed by atoms with Crippen LogP contribution in [0.2, 0.25) is 0 Å². The molecule has 0 aliphatic rings. The molecule has 8 nitrogen and oxygen atoms in total. The van der Waals surface area contributed by atoms with Gasteiger partial charge in [-0.3, -0.25) is 10.1 Å². The maximum absolute atomic E-state index is 11.4. The molecule has 20 heavy (non-hydrogen) atoms. The summed E-state index contributed by atoms with van der Waals surface area (Å²) in [5.41, 5.74) is 0.00410. The molecule has 0 unspecified atom stereocenters. The second-order valence-corrected chi connectivity index (χ2v) is 3.44. The van der Waals surface area contributed by atoms with E-state index in [0.29, 0.717) is 5.69 Å². The van der Waals surface area contributed by atoms with Crippen LogP contribution < -0.4 is 5.32 Å². The van der Waals surface area contributed by atoms with Gasteiger partial charge in [-0.15, -0.1) is 0 Å². The van der Waals surface area contributed by atoms with Crippen molar-refractivity contribution >= 4 is 17.3 Å². The maximum atomic E-state index is 11.4. The van der Waals surface area contributed by atoms with Crippen molar-refractivity contribution in [3.63, 3.8) is 0 Å². The molecule has 0 aromatic heterocycles. The van der Waals surface area contributed by atoms with Crippen molar-refractivity contribution in [3.8, 4) is 6.07 Å². The topological polar surface area (TPSA) is 114 Å². The predicted octanol–water partition coefficient (Wildman–Crippen LogP) is 1.56. The maximum Gasteiger partial charge on any atom is 0.354 e. The highest BCUT2D eigenvalue weighted by atomic mass is 16.6. The molecule has 1 rings (SSSR count). The Hall–Kier alpha value is -3.08. The first-order valence-electron chi connectivity index (χ1n) is 5.31. The van der Waals surface area contributed by atoms with Gasteiger partial charge in [-0.1, -0.05) is 0 Å². The Bertz CT molecular complexity index is 586. The highest BCUT2D eigenvalue weighted by molar-refractivity contribution is 5.93. The van der Waals surface area contributed by atoms with Crippen LogP contribution in [0.1, 0.15) is 0 Å². The number of esters is 1. The van der Waals surface area contributed by atoms with Gasteiger partial charge in [0.05, 0.1) is 19.1 Å². The molecular formula is C12H11N3O5. The number of benzene rings is 1. The highest BCUT2D eigenvalue weighted by Crippen LogP contribution is 2.18. The summed E-state index contributed by atoms with van der Waals surface area (Å²) in [4.78, 5) is 21.3. The quantitative estimate of drug-likeness (QED) is 0.217. The van der Waals surface area contributed by atoms with Gasteiger partial charge in [-0.2, -0.15) is 5.26 Å². The first-order chi connectivity index (χ1) is 9.53. The second-order valence-electron chi connectivity index (χ2n) is 3.44. The number of nitrogens with zero attached hydrogens (tertiary/aromatic N) is 2. The zero-order chi connectivity index (χ0) is 15.1. The Balaban J connectivity index is 3.04. The van der Waals surface area contributed by atoms with Gasteiger partial charge in [0, 0.05) is 17.8 Å². The Labute approximate surface area is 114 Å². The van der Waals surface area contributed by atoms with Gasteiger partial charge in [-0.05, 0) is 12.1 Å². The summed E-state index contributed by atoms with van der Waals surface area (Å²) in [6.07, 6.45) is 0. The Morgan fingerprint density at radius 2 is 1.90 bits per heavy atom. The molecule has 0 atom stereocenters. The fourth-order valence-electron chi connectivity index (χ4n) is 1.30. The third-order valence-corrected chi connectivity index (χ3v) is 2.27. The molecule has 104 valence electrons. The minimum atomic E-state index is -0.848. The van der Waals surface area contributed by atoms with E-state index in [9.17, 15) is 14.9 Å². The number of hydrogen-bond acceptors (Lipinski definition) is 7. The molecule has 0 radical (unpaired) electrons. The van der Waals surface area contributed by atoms with Crippen molar-refractivity contribution < 1.29 is 19.2 Å². The van der Waals surface area contributed by atoms with Crippen molar-refractivity contribution in [2.75, 3.05) is 19.5 Å². The Morgan fingerprint density at radius 3 is 2.30 bits per heavy atom. The number of carbonyl (C=O) groups is 1. The molecule has 8 heteroatoms. The number of nitro groups is 1. The monoisotopic (exact) mass is 277 g/mol. The van der Waals surface area contributed by atoms with E-state index < -0.39 is 10.9 Å². The molecule has 0 fully saturated rings. The van der Waals surface area contributed by atoms with Crippen LogP contribution in [0.3, 0.4) is 0 Å². The highest BCUT2D eigenvalue weighted by Gasteiger charge is 2.17. The molecule has 0 saturated carbocycles. The summed E-state index contributed by atoms with van der Waals surface area (Å²) >= 11 is 0. The first kappa shape index (κ1) is 15.0. The van der Waals surface area contributed by atoms with Crippen molar-refractivity contribution in [1.29, 1.82) is 5.26 Å². The third-order valence-electron chi connectivity index (χ3n) is 2.27. The van der Waals surface area contributed by atoms with Crippen molar-refractivity contribution in [1.82, 2.24) is 0 Å². The van der Waals surface area contributed by atoms with Crippen LogP contribution in [-0.4, -0.2) is 25.1 Å². The zero-order valence-electron chi connectivity index (χ0n) is 10.7. The number of hydrogen-bond donors (Lipinski definition) is 1. The van der Waals surface area contributed by atoms with E-state index in [0.717, 1.165) is 7.11 Å². The summed E-state index contributed by atoms with van der Waals surface area (Å²) < 4.78 is 9.36. The average Bonchev–Trinajstić information content (AvgIpc) is 2.46. The van der Waals surface area contributed by atoms with E-state index >= 15 is 0 Å². The fourth-order valence-corrected chi connectivity index (χ4v) is 1.30. The second kappa shape index (κ2) is 6.75. The fraction of sp³-hybridized carbons (Fsp3) is 0.167. The Kier molecular flexibility index (Phi) is 5.05. The minimum Gasteiger partial charge on any atom is -0.481 e. The van der Waals surface area contributed by atoms with Crippen molar-refractivity contribution in [2.24, 2.45) is 0 Å². The average molecular weight is 277 g/mol. The van der Waals surface area contributed by atoms with Crippen LogP contribution in [-0.2, 0) is 14.3 Å². The molecule has 0 bridgehead atoms. The van der Waals surface area contributed by atoms with Crippen LogP contribution in [0.25, 0.3) is 0 Å². The largest absolute Gasteiger partial charge is 0.481 e. The normalized spacial score (nSPS) is 10.8. The van der Waals surface area contributed by atoms with Gasteiger partial charge in [0.15, 0.2) is 5.57 Å². The standard InChI is InChI=1S/C12H11N3O5/c1-19-11(10(7-13)12(16)20-2)14-8-3-5-9(6-4-8)15(17)18/h3-6,14H,1-2H3/b11-10-. The van der Waals surface area contributed by atoms with Gasteiger partial charge in [0.2, 0.25) is 5.88 Å². The van der Waals surface area contributed by atoms with Crippen molar-refractivity contribution in [3.05, 3.63) is 45.8 Å². The van der Waals surface area contributed by atoms with Crippen LogP contribution in [0.5, 0.6) is 0 Å². The zero-order valence-corrected chi connectivity index (χ0v) is 10.7. The van der Waals surface area contributed by atoms with Crippen LogP contribution in [0.15, 0.2) is 35.7 Å². The molecule has 0 amide bonds. The van der Waals surface area contributed by atoms with E-state index in [1.165, 1.54) is 31.4 Å². The number of methoxy groups -OCH3 is 2. The minimum absolute atomic E-state index is 0.0769.